The Morgan fingerprint density at radius 2 is 1.97 bits per heavy atom. The Morgan fingerprint density at radius 3 is 2.69 bits per heavy atom. The van der Waals surface area contributed by atoms with Crippen molar-refractivity contribution in [2.45, 2.75) is 45.2 Å². The molecule has 3 heterocycles. The Balaban J connectivity index is 1.58. The van der Waals surface area contributed by atoms with Gasteiger partial charge < -0.3 is 15.5 Å². The van der Waals surface area contributed by atoms with Crippen LogP contribution in [0.15, 0.2) is 53.7 Å². The molecule has 1 aromatic carbocycles. The number of nitrogens with zero attached hydrogens (tertiary/aromatic N) is 3. The van der Waals surface area contributed by atoms with Gasteiger partial charge in [-0.15, -0.1) is 0 Å². The number of rotatable bonds is 4. The summed E-state index contributed by atoms with van der Waals surface area (Å²) in [5, 5.41) is 7.19. The van der Waals surface area contributed by atoms with Crippen molar-refractivity contribution in [1.82, 2.24) is 9.88 Å². The molecule has 6 heteroatoms. The summed E-state index contributed by atoms with van der Waals surface area (Å²) in [6.45, 7) is 6.17. The molecule has 0 saturated carbocycles. The Kier molecular flexibility index (Phi) is 5.51. The van der Waals surface area contributed by atoms with Crippen LogP contribution in [0.5, 0.6) is 0 Å². The number of pyridine rings is 1. The van der Waals surface area contributed by atoms with Crippen LogP contribution in [0.4, 0.5) is 11.5 Å². The van der Waals surface area contributed by atoms with Crippen LogP contribution < -0.4 is 10.6 Å². The number of aromatic nitrogens is 1. The second kappa shape index (κ2) is 8.23. The second-order valence-electron chi connectivity index (χ2n) is 8.02. The summed E-state index contributed by atoms with van der Waals surface area (Å²) >= 11 is 0. The SMILES string of the molecule is CCC(C)C(=O)N1CCC2(CC1)Nc1cccnc1NC2=NCc1ccccc1. The lowest BCUT2D eigenvalue weighted by Gasteiger charge is -2.46. The molecular weight excluding hydrogens is 362 g/mol. The number of hydrogen-bond donors (Lipinski definition) is 2. The van der Waals surface area contributed by atoms with Crippen molar-refractivity contribution >= 4 is 23.2 Å². The van der Waals surface area contributed by atoms with Gasteiger partial charge in [0.1, 0.15) is 5.84 Å². The zero-order chi connectivity index (χ0) is 20.3. The Labute approximate surface area is 172 Å². The number of carbonyl (C=O) groups is 1. The first-order valence-electron chi connectivity index (χ1n) is 10.5. The molecule has 2 aliphatic heterocycles. The normalized spacial score (nSPS) is 19.9. The Hall–Kier alpha value is -2.89. The van der Waals surface area contributed by atoms with Crippen LogP contribution in [0.2, 0.25) is 0 Å². The fraction of sp³-hybridized carbons (Fsp3) is 0.435. The van der Waals surface area contributed by atoms with Crippen molar-refractivity contribution in [2.75, 3.05) is 23.7 Å². The van der Waals surface area contributed by atoms with E-state index in [0.29, 0.717) is 6.54 Å². The van der Waals surface area contributed by atoms with Crippen LogP contribution in [0, 0.1) is 5.92 Å². The lowest BCUT2D eigenvalue weighted by molar-refractivity contribution is -0.136. The van der Waals surface area contributed by atoms with Gasteiger partial charge in [0.05, 0.1) is 17.8 Å². The van der Waals surface area contributed by atoms with Gasteiger partial charge in [-0.2, -0.15) is 0 Å². The Bertz CT molecular complexity index is 887. The first-order chi connectivity index (χ1) is 14.1. The third-order valence-corrected chi connectivity index (χ3v) is 6.10. The van der Waals surface area contributed by atoms with Crippen LogP contribution in [0.25, 0.3) is 0 Å². The number of benzene rings is 1. The zero-order valence-electron chi connectivity index (χ0n) is 17.2. The average Bonchev–Trinajstić information content (AvgIpc) is 2.78. The lowest BCUT2D eigenvalue weighted by Crippen LogP contribution is -2.59. The Morgan fingerprint density at radius 1 is 1.21 bits per heavy atom. The number of nitrogens with one attached hydrogen (secondary N) is 2. The van der Waals surface area contributed by atoms with Crippen LogP contribution in [-0.4, -0.2) is 40.3 Å². The number of piperidine rings is 1. The molecule has 1 atom stereocenters. The van der Waals surface area contributed by atoms with E-state index in [2.05, 4.69) is 34.7 Å². The predicted octanol–water partition coefficient (Wildman–Crippen LogP) is 3.93. The third kappa shape index (κ3) is 3.97. The first-order valence-corrected chi connectivity index (χ1v) is 10.5. The monoisotopic (exact) mass is 391 g/mol. The van der Waals surface area contributed by atoms with Gasteiger partial charge in [0.25, 0.3) is 0 Å². The summed E-state index contributed by atoms with van der Waals surface area (Å²) in [5.74, 6) is 2.07. The number of hydrogen-bond acceptors (Lipinski definition) is 4. The average molecular weight is 392 g/mol. The molecule has 1 saturated heterocycles. The molecule has 1 spiro atoms. The standard InChI is InChI=1S/C23H29N5O/c1-3-17(2)21(29)28-14-11-23(12-15-28)22(25-16-18-8-5-4-6-9-18)26-20-19(27-23)10-7-13-24-20/h4-10,13,17,27H,3,11-12,14-16H2,1-2H3,(H,24,25,26). The van der Waals surface area contributed by atoms with Gasteiger partial charge >= 0.3 is 0 Å². The van der Waals surface area contributed by atoms with E-state index in [1.165, 1.54) is 5.56 Å². The maximum Gasteiger partial charge on any atom is 0.225 e. The summed E-state index contributed by atoms with van der Waals surface area (Å²) < 4.78 is 0. The minimum Gasteiger partial charge on any atom is -0.370 e. The van der Waals surface area contributed by atoms with Crippen molar-refractivity contribution in [3.8, 4) is 0 Å². The van der Waals surface area contributed by atoms with Crippen LogP contribution in [0.3, 0.4) is 0 Å². The number of amidine groups is 1. The molecule has 2 aromatic rings. The molecular formula is C23H29N5O. The largest absolute Gasteiger partial charge is 0.370 e. The van der Waals surface area contributed by atoms with Gasteiger partial charge in [-0.3, -0.25) is 9.79 Å². The van der Waals surface area contributed by atoms with E-state index in [4.69, 9.17) is 4.99 Å². The molecule has 0 bridgehead atoms. The minimum atomic E-state index is -0.295. The number of fused-ring (bicyclic) bond motifs is 1. The number of likely N-dealkylation sites (tertiary alicyclic amines) is 1. The van der Waals surface area contributed by atoms with Crippen LogP contribution >= 0.6 is 0 Å². The zero-order valence-corrected chi connectivity index (χ0v) is 17.2. The molecule has 1 fully saturated rings. The van der Waals surface area contributed by atoms with Gasteiger partial charge in [0.2, 0.25) is 5.91 Å². The molecule has 1 aromatic heterocycles. The summed E-state index contributed by atoms with van der Waals surface area (Å²) in [6, 6.07) is 14.2. The van der Waals surface area contributed by atoms with Gasteiger partial charge in [0.15, 0.2) is 5.82 Å². The fourth-order valence-corrected chi connectivity index (χ4v) is 4.06. The topological polar surface area (TPSA) is 69.6 Å². The molecule has 1 unspecified atom stereocenters. The smallest absolute Gasteiger partial charge is 0.225 e. The summed E-state index contributed by atoms with van der Waals surface area (Å²) in [4.78, 5) is 24.1. The van der Waals surface area contributed by atoms with Crippen molar-refractivity contribution in [3.05, 3.63) is 54.2 Å². The van der Waals surface area contributed by atoms with E-state index in [0.717, 1.165) is 49.7 Å². The number of aliphatic imine (C=N–C) groups is 1. The lowest BCUT2D eigenvalue weighted by atomic mass is 9.83. The number of anilines is 2. The highest BCUT2D eigenvalue weighted by Crippen LogP contribution is 2.36. The van der Waals surface area contributed by atoms with E-state index in [9.17, 15) is 4.79 Å². The highest BCUT2D eigenvalue weighted by Gasteiger charge is 2.43. The van der Waals surface area contributed by atoms with E-state index in [1.54, 1.807) is 6.20 Å². The highest BCUT2D eigenvalue weighted by molar-refractivity contribution is 6.08. The molecule has 0 radical (unpaired) electrons. The van der Waals surface area contributed by atoms with Gasteiger partial charge in [-0.1, -0.05) is 44.2 Å². The van der Waals surface area contributed by atoms with Gasteiger partial charge in [0, 0.05) is 25.2 Å². The summed E-state index contributed by atoms with van der Waals surface area (Å²) in [6.07, 6.45) is 4.31. The second-order valence-corrected chi connectivity index (χ2v) is 8.02. The quantitative estimate of drug-likeness (QED) is 0.829. The van der Waals surface area contributed by atoms with Gasteiger partial charge in [-0.25, -0.2) is 4.98 Å². The van der Waals surface area contributed by atoms with Crippen molar-refractivity contribution in [2.24, 2.45) is 10.9 Å². The fourth-order valence-electron chi connectivity index (χ4n) is 4.06. The molecule has 0 aliphatic carbocycles. The molecule has 29 heavy (non-hydrogen) atoms. The molecule has 1 amide bonds. The third-order valence-electron chi connectivity index (χ3n) is 6.10. The maximum atomic E-state index is 12.6. The van der Waals surface area contributed by atoms with E-state index < -0.39 is 0 Å². The molecule has 152 valence electrons. The van der Waals surface area contributed by atoms with E-state index in [1.807, 2.05) is 42.2 Å². The molecule has 2 N–H and O–H groups in total. The summed E-state index contributed by atoms with van der Waals surface area (Å²) in [7, 11) is 0. The number of amides is 1. The van der Waals surface area contributed by atoms with Crippen molar-refractivity contribution < 1.29 is 4.79 Å². The van der Waals surface area contributed by atoms with Crippen LogP contribution in [0.1, 0.15) is 38.7 Å². The molecule has 6 nitrogen and oxygen atoms in total. The van der Waals surface area contributed by atoms with Crippen molar-refractivity contribution in [3.63, 3.8) is 0 Å². The highest BCUT2D eigenvalue weighted by atomic mass is 16.2. The number of carbonyl (C=O) groups excluding carboxylic acids is 1. The van der Waals surface area contributed by atoms with E-state index in [-0.39, 0.29) is 17.4 Å². The maximum absolute atomic E-state index is 12.6. The predicted molar refractivity (Wildman–Crippen MR) is 117 cm³/mol. The first kappa shape index (κ1) is 19.4. The van der Waals surface area contributed by atoms with Crippen molar-refractivity contribution in [1.29, 1.82) is 0 Å². The molecule has 4 rings (SSSR count). The molecule has 2 aliphatic rings. The van der Waals surface area contributed by atoms with E-state index >= 15 is 0 Å². The van der Waals surface area contributed by atoms with Crippen LogP contribution in [-0.2, 0) is 11.3 Å². The van der Waals surface area contributed by atoms with Gasteiger partial charge in [-0.05, 0) is 37.0 Å². The summed E-state index contributed by atoms with van der Waals surface area (Å²) in [5.41, 5.74) is 1.87. The minimum absolute atomic E-state index is 0.0811.